The van der Waals surface area contributed by atoms with Gasteiger partial charge in [-0.2, -0.15) is 0 Å². The van der Waals surface area contributed by atoms with Gasteiger partial charge in [0.15, 0.2) is 0 Å². The summed E-state index contributed by atoms with van der Waals surface area (Å²) in [6.07, 6.45) is 0. The van der Waals surface area contributed by atoms with Crippen LogP contribution in [0.25, 0.3) is 10.1 Å². The minimum atomic E-state index is -0.768. The van der Waals surface area contributed by atoms with Crippen LogP contribution in [0.5, 0.6) is 5.75 Å². The molecule has 2 aromatic carbocycles. The number of methoxy groups -OCH3 is 1. The van der Waals surface area contributed by atoms with Crippen LogP contribution in [0.1, 0.15) is 9.67 Å². The fourth-order valence-corrected chi connectivity index (χ4v) is 3.43. The second kappa shape index (κ2) is 6.14. The largest absolute Gasteiger partial charge is 0.494 e. The van der Waals surface area contributed by atoms with Crippen LogP contribution in [0.2, 0.25) is 5.02 Å². The van der Waals surface area contributed by atoms with Gasteiger partial charge in [0.2, 0.25) is 0 Å². The minimum Gasteiger partial charge on any atom is -0.494 e. The van der Waals surface area contributed by atoms with Crippen molar-refractivity contribution < 1.29 is 18.3 Å². The van der Waals surface area contributed by atoms with Crippen molar-refractivity contribution in [2.24, 2.45) is 0 Å². The Labute approximate surface area is 139 Å². The van der Waals surface area contributed by atoms with Gasteiger partial charge >= 0.3 is 0 Å². The number of hydrogen-bond donors (Lipinski definition) is 1. The number of carbonyl (C=O) groups is 1. The summed E-state index contributed by atoms with van der Waals surface area (Å²) in [6.45, 7) is 0. The maximum Gasteiger partial charge on any atom is 0.269 e. The van der Waals surface area contributed by atoms with Crippen molar-refractivity contribution in [3.63, 3.8) is 0 Å². The van der Waals surface area contributed by atoms with Crippen LogP contribution in [0.15, 0.2) is 36.4 Å². The van der Waals surface area contributed by atoms with E-state index in [1.807, 2.05) is 0 Å². The summed E-state index contributed by atoms with van der Waals surface area (Å²) in [7, 11) is 1.45. The molecule has 1 heterocycles. The summed E-state index contributed by atoms with van der Waals surface area (Å²) in [6, 6.07) is 8.00. The molecule has 1 amide bonds. The van der Waals surface area contributed by atoms with Gasteiger partial charge in [0.1, 0.15) is 22.3 Å². The van der Waals surface area contributed by atoms with Crippen molar-refractivity contribution >= 4 is 44.6 Å². The van der Waals surface area contributed by atoms with Gasteiger partial charge < -0.3 is 10.1 Å². The van der Waals surface area contributed by atoms with Crippen molar-refractivity contribution in [2.45, 2.75) is 0 Å². The standard InChI is InChI=1S/C16H10ClF2NO2S/c1-22-14-12-4-8(17)2-3-13(12)23-15(14)16(21)20-11-6-9(18)5-10(19)7-11/h2-7H,1H3,(H,20,21). The normalized spacial score (nSPS) is 10.8. The van der Waals surface area contributed by atoms with Crippen LogP contribution in [0.4, 0.5) is 14.5 Å². The van der Waals surface area contributed by atoms with Gasteiger partial charge in [-0.1, -0.05) is 11.6 Å². The molecule has 0 aliphatic heterocycles. The first-order chi connectivity index (χ1) is 11.0. The smallest absolute Gasteiger partial charge is 0.269 e. The number of nitrogens with one attached hydrogen (secondary N) is 1. The molecule has 0 saturated heterocycles. The fourth-order valence-electron chi connectivity index (χ4n) is 2.21. The van der Waals surface area contributed by atoms with Gasteiger partial charge in [0.25, 0.3) is 5.91 Å². The lowest BCUT2D eigenvalue weighted by Gasteiger charge is -2.06. The Bertz CT molecular complexity index is 890. The third kappa shape index (κ3) is 3.13. The highest BCUT2D eigenvalue weighted by Crippen LogP contribution is 2.39. The zero-order valence-corrected chi connectivity index (χ0v) is 13.4. The van der Waals surface area contributed by atoms with E-state index in [1.54, 1.807) is 18.2 Å². The summed E-state index contributed by atoms with van der Waals surface area (Å²) in [5.74, 6) is -1.67. The van der Waals surface area contributed by atoms with E-state index in [9.17, 15) is 13.6 Å². The van der Waals surface area contributed by atoms with Crippen LogP contribution < -0.4 is 10.1 Å². The maximum absolute atomic E-state index is 13.2. The molecule has 0 unspecified atom stereocenters. The maximum atomic E-state index is 13.2. The van der Waals surface area contributed by atoms with Crippen molar-refractivity contribution in [1.29, 1.82) is 0 Å². The van der Waals surface area contributed by atoms with Crippen molar-refractivity contribution in [2.75, 3.05) is 12.4 Å². The first kappa shape index (κ1) is 15.7. The Balaban J connectivity index is 2.00. The number of benzene rings is 2. The van der Waals surface area contributed by atoms with Crippen LogP contribution in [-0.2, 0) is 0 Å². The second-order valence-electron chi connectivity index (χ2n) is 4.72. The Hall–Kier alpha value is -2.18. The third-order valence-corrected chi connectivity index (χ3v) is 4.52. The van der Waals surface area contributed by atoms with Crippen LogP contribution in [-0.4, -0.2) is 13.0 Å². The van der Waals surface area contributed by atoms with Crippen molar-refractivity contribution in [3.05, 3.63) is 57.9 Å². The second-order valence-corrected chi connectivity index (χ2v) is 6.21. The monoisotopic (exact) mass is 353 g/mol. The zero-order valence-electron chi connectivity index (χ0n) is 11.8. The molecule has 7 heteroatoms. The summed E-state index contributed by atoms with van der Waals surface area (Å²) in [5.41, 5.74) is 0.0324. The van der Waals surface area contributed by atoms with E-state index >= 15 is 0 Å². The Morgan fingerprint density at radius 3 is 2.52 bits per heavy atom. The summed E-state index contributed by atoms with van der Waals surface area (Å²) >= 11 is 7.18. The number of rotatable bonds is 3. The number of carbonyl (C=O) groups excluding carboxylic acids is 1. The highest BCUT2D eigenvalue weighted by molar-refractivity contribution is 7.21. The number of anilines is 1. The molecule has 0 aliphatic carbocycles. The predicted octanol–water partition coefficient (Wildman–Crippen LogP) is 5.09. The fraction of sp³-hybridized carbons (Fsp3) is 0.0625. The lowest BCUT2D eigenvalue weighted by atomic mass is 10.2. The van der Waals surface area contributed by atoms with E-state index in [2.05, 4.69) is 5.32 Å². The Kier molecular flexibility index (Phi) is 4.19. The lowest BCUT2D eigenvalue weighted by Crippen LogP contribution is -2.11. The molecule has 0 spiro atoms. The van der Waals surface area contributed by atoms with Gasteiger partial charge in [0.05, 0.1) is 7.11 Å². The number of amides is 1. The summed E-state index contributed by atoms with van der Waals surface area (Å²) < 4.78 is 32.5. The van der Waals surface area contributed by atoms with E-state index in [-0.39, 0.29) is 5.69 Å². The molecule has 0 fully saturated rings. The topological polar surface area (TPSA) is 38.3 Å². The molecule has 0 bridgehead atoms. The van der Waals surface area contributed by atoms with Crippen LogP contribution in [0.3, 0.4) is 0 Å². The highest BCUT2D eigenvalue weighted by Gasteiger charge is 2.20. The van der Waals surface area contributed by atoms with E-state index in [0.29, 0.717) is 21.0 Å². The van der Waals surface area contributed by atoms with Gasteiger partial charge in [0, 0.05) is 26.9 Å². The molecule has 1 aromatic heterocycles. The number of fused-ring (bicyclic) bond motifs is 1. The molecule has 0 saturated carbocycles. The quantitative estimate of drug-likeness (QED) is 0.712. The van der Waals surface area contributed by atoms with Gasteiger partial charge in [-0.15, -0.1) is 11.3 Å². The van der Waals surface area contributed by atoms with Gasteiger partial charge in [-0.05, 0) is 30.3 Å². The predicted molar refractivity (Wildman–Crippen MR) is 87.7 cm³/mol. The summed E-state index contributed by atoms with van der Waals surface area (Å²) in [4.78, 5) is 12.7. The Morgan fingerprint density at radius 1 is 1.17 bits per heavy atom. The number of halogens is 3. The molecule has 0 aliphatic rings. The molecule has 23 heavy (non-hydrogen) atoms. The third-order valence-electron chi connectivity index (χ3n) is 3.14. The van der Waals surface area contributed by atoms with Gasteiger partial charge in [-0.3, -0.25) is 4.79 Å². The molecule has 3 rings (SSSR count). The molecule has 0 radical (unpaired) electrons. The van der Waals surface area contributed by atoms with Crippen molar-refractivity contribution in [3.8, 4) is 5.75 Å². The van der Waals surface area contributed by atoms with E-state index in [4.69, 9.17) is 16.3 Å². The van der Waals surface area contributed by atoms with Gasteiger partial charge in [-0.25, -0.2) is 8.78 Å². The van der Waals surface area contributed by atoms with E-state index in [0.717, 1.165) is 22.9 Å². The zero-order chi connectivity index (χ0) is 16.6. The molecule has 0 atom stereocenters. The first-order valence-electron chi connectivity index (χ1n) is 6.51. The van der Waals surface area contributed by atoms with Crippen LogP contribution >= 0.6 is 22.9 Å². The SMILES string of the molecule is COc1c(C(=O)Nc2cc(F)cc(F)c2)sc2ccc(Cl)cc12. The van der Waals surface area contributed by atoms with E-state index in [1.165, 1.54) is 18.4 Å². The molecular weight excluding hydrogens is 344 g/mol. The first-order valence-corrected chi connectivity index (χ1v) is 7.71. The minimum absolute atomic E-state index is 0.0324. The lowest BCUT2D eigenvalue weighted by molar-refractivity contribution is 0.102. The molecule has 1 N–H and O–H groups in total. The molecule has 3 aromatic rings. The number of ether oxygens (including phenoxy) is 1. The number of thiophene rings is 1. The highest BCUT2D eigenvalue weighted by atomic mass is 35.5. The number of hydrogen-bond acceptors (Lipinski definition) is 3. The molecular formula is C16H10ClF2NO2S. The Morgan fingerprint density at radius 2 is 1.87 bits per heavy atom. The van der Waals surface area contributed by atoms with E-state index < -0.39 is 17.5 Å². The van der Waals surface area contributed by atoms with Crippen LogP contribution in [0, 0.1) is 11.6 Å². The molecule has 3 nitrogen and oxygen atoms in total. The summed E-state index contributed by atoms with van der Waals surface area (Å²) in [5, 5.41) is 3.70. The molecule has 118 valence electrons. The average molecular weight is 354 g/mol. The average Bonchev–Trinajstić information content (AvgIpc) is 2.83. The van der Waals surface area contributed by atoms with Crippen molar-refractivity contribution in [1.82, 2.24) is 0 Å².